The molecule has 0 radical (unpaired) electrons. The maximum atomic E-state index is 13.3. The van der Waals surface area contributed by atoms with E-state index in [-0.39, 0.29) is 11.9 Å². The highest BCUT2D eigenvalue weighted by molar-refractivity contribution is 5.83. The quantitative estimate of drug-likeness (QED) is 0.830. The van der Waals surface area contributed by atoms with Gasteiger partial charge >= 0.3 is 0 Å². The van der Waals surface area contributed by atoms with E-state index in [1.807, 2.05) is 23.1 Å². The van der Waals surface area contributed by atoms with Gasteiger partial charge in [-0.3, -0.25) is 9.69 Å². The number of piperidine rings is 1. The van der Waals surface area contributed by atoms with Crippen molar-refractivity contribution >= 4 is 5.91 Å². The van der Waals surface area contributed by atoms with Crippen molar-refractivity contribution in [2.75, 3.05) is 39.4 Å². The smallest absolute Gasteiger partial charge is 0.244 e. The van der Waals surface area contributed by atoms with Gasteiger partial charge in [0.25, 0.3) is 0 Å². The Hall–Kier alpha value is -1.43. The van der Waals surface area contributed by atoms with Crippen molar-refractivity contribution in [2.45, 2.75) is 38.5 Å². The van der Waals surface area contributed by atoms with E-state index in [9.17, 15) is 4.79 Å². The van der Waals surface area contributed by atoms with Crippen molar-refractivity contribution in [3.05, 3.63) is 35.9 Å². The molecule has 1 spiro atoms. The highest BCUT2D eigenvalue weighted by Crippen LogP contribution is 2.33. The van der Waals surface area contributed by atoms with E-state index in [1.165, 1.54) is 0 Å². The van der Waals surface area contributed by atoms with Crippen molar-refractivity contribution < 1.29 is 14.3 Å². The summed E-state index contributed by atoms with van der Waals surface area (Å²) in [5, 5.41) is 0. The summed E-state index contributed by atoms with van der Waals surface area (Å²) in [7, 11) is 0. The van der Waals surface area contributed by atoms with Crippen molar-refractivity contribution in [1.82, 2.24) is 9.80 Å². The molecule has 0 saturated carbocycles. The van der Waals surface area contributed by atoms with Crippen molar-refractivity contribution in [3.8, 4) is 0 Å². The topological polar surface area (TPSA) is 42.0 Å². The molecule has 2 saturated heterocycles. The van der Waals surface area contributed by atoms with Crippen LogP contribution in [0.2, 0.25) is 0 Å². The zero-order valence-electron chi connectivity index (χ0n) is 14.7. The Bertz CT molecular complexity index is 529. The van der Waals surface area contributed by atoms with E-state index in [4.69, 9.17) is 9.47 Å². The number of carbonyl (C=O) groups excluding carboxylic acids is 1. The van der Waals surface area contributed by atoms with E-state index in [2.05, 4.69) is 30.9 Å². The number of rotatable bonds is 5. The first-order valence-corrected chi connectivity index (χ1v) is 9.05. The van der Waals surface area contributed by atoms with Gasteiger partial charge in [0.2, 0.25) is 5.91 Å². The van der Waals surface area contributed by atoms with Crippen LogP contribution in [0.4, 0.5) is 0 Å². The van der Waals surface area contributed by atoms with Gasteiger partial charge in [-0.1, -0.05) is 44.2 Å². The summed E-state index contributed by atoms with van der Waals surface area (Å²) < 4.78 is 11.5. The van der Waals surface area contributed by atoms with E-state index < -0.39 is 5.79 Å². The third kappa shape index (κ3) is 3.48. The molecule has 0 aromatic heterocycles. The first-order chi connectivity index (χ1) is 11.7. The first-order valence-electron chi connectivity index (χ1n) is 9.05. The van der Waals surface area contributed by atoms with Gasteiger partial charge in [-0.15, -0.1) is 0 Å². The Kier molecular flexibility index (Phi) is 5.54. The van der Waals surface area contributed by atoms with Crippen LogP contribution in [0.15, 0.2) is 30.3 Å². The van der Waals surface area contributed by atoms with E-state index in [0.717, 1.165) is 31.5 Å². The Balaban J connectivity index is 1.74. The second-order valence-corrected chi connectivity index (χ2v) is 6.47. The molecule has 5 nitrogen and oxygen atoms in total. The second-order valence-electron chi connectivity index (χ2n) is 6.47. The lowest BCUT2D eigenvalue weighted by Gasteiger charge is -2.40. The van der Waals surface area contributed by atoms with Crippen LogP contribution in [-0.4, -0.2) is 60.9 Å². The monoisotopic (exact) mass is 332 g/mol. The number of carbonyl (C=O) groups is 1. The predicted molar refractivity (Wildman–Crippen MR) is 92.6 cm³/mol. The molecule has 3 rings (SSSR count). The standard InChI is InChI=1S/C19H28N2O3/c1-3-20(4-2)17(16-8-6-5-7-9-16)18(22)21-12-10-19(11-13-21)23-14-15-24-19/h5-9,17H,3-4,10-15H2,1-2H3/t17-/m0/s1. The van der Waals surface area contributed by atoms with Gasteiger partial charge in [0.1, 0.15) is 6.04 Å². The summed E-state index contributed by atoms with van der Waals surface area (Å²) >= 11 is 0. The van der Waals surface area contributed by atoms with Crippen molar-refractivity contribution in [1.29, 1.82) is 0 Å². The molecule has 1 aromatic carbocycles. The minimum Gasteiger partial charge on any atom is -0.347 e. The van der Waals surface area contributed by atoms with Crippen molar-refractivity contribution in [3.63, 3.8) is 0 Å². The summed E-state index contributed by atoms with van der Waals surface area (Å²) in [4.78, 5) is 17.5. The summed E-state index contributed by atoms with van der Waals surface area (Å²) in [6.07, 6.45) is 1.52. The van der Waals surface area contributed by atoms with Crippen LogP contribution in [0.3, 0.4) is 0 Å². The molecule has 5 heteroatoms. The van der Waals surface area contributed by atoms with Gasteiger partial charge < -0.3 is 14.4 Å². The fraction of sp³-hybridized carbons (Fsp3) is 0.632. The van der Waals surface area contributed by atoms with Gasteiger partial charge in [0, 0.05) is 25.9 Å². The number of likely N-dealkylation sites (tertiary alicyclic amines) is 1. The largest absolute Gasteiger partial charge is 0.347 e. The molecule has 2 fully saturated rings. The van der Waals surface area contributed by atoms with Crippen LogP contribution in [0.1, 0.15) is 38.3 Å². The average molecular weight is 332 g/mol. The number of likely N-dealkylation sites (N-methyl/N-ethyl adjacent to an activating group) is 1. The number of ether oxygens (including phenoxy) is 2. The Labute approximate surface area is 144 Å². The molecule has 0 N–H and O–H groups in total. The fourth-order valence-corrected chi connectivity index (χ4v) is 3.76. The van der Waals surface area contributed by atoms with Gasteiger partial charge in [-0.25, -0.2) is 0 Å². The summed E-state index contributed by atoms with van der Waals surface area (Å²) in [6.45, 7) is 8.65. The minimum absolute atomic E-state index is 0.192. The van der Waals surface area contributed by atoms with Crippen LogP contribution in [-0.2, 0) is 14.3 Å². The summed E-state index contributed by atoms with van der Waals surface area (Å²) in [5.74, 6) is -0.244. The molecule has 132 valence electrons. The number of hydrogen-bond donors (Lipinski definition) is 0. The zero-order chi connectivity index (χ0) is 17.0. The molecule has 2 aliphatic rings. The average Bonchev–Trinajstić information content (AvgIpc) is 3.08. The molecule has 0 aliphatic carbocycles. The summed E-state index contributed by atoms with van der Waals surface area (Å²) in [6, 6.07) is 9.90. The molecular formula is C19H28N2O3. The number of benzene rings is 1. The third-order valence-corrected chi connectivity index (χ3v) is 5.18. The lowest BCUT2D eigenvalue weighted by molar-refractivity contribution is -0.188. The minimum atomic E-state index is -0.436. The molecule has 2 aliphatic heterocycles. The van der Waals surface area contributed by atoms with Crippen LogP contribution in [0.25, 0.3) is 0 Å². The van der Waals surface area contributed by atoms with E-state index in [0.29, 0.717) is 26.3 Å². The molecule has 1 amide bonds. The van der Waals surface area contributed by atoms with Crippen molar-refractivity contribution in [2.24, 2.45) is 0 Å². The first kappa shape index (κ1) is 17.4. The fourth-order valence-electron chi connectivity index (χ4n) is 3.76. The number of hydrogen-bond acceptors (Lipinski definition) is 4. The van der Waals surface area contributed by atoms with Crippen LogP contribution >= 0.6 is 0 Å². The zero-order valence-corrected chi connectivity index (χ0v) is 14.7. The lowest BCUT2D eigenvalue weighted by Crippen LogP contribution is -2.50. The van der Waals surface area contributed by atoms with Gasteiger partial charge in [0.15, 0.2) is 5.79 Å². The molecule has 2 heterocycles. The molecule has 24 heavy (non-hydrogen) atoms. The van der Waals surface area contributed by atoms with Crippen LogP contribution in [0.5, 0.6) is 0 Å². The third-order valence-electron chi connectivity index (χ3n) is 5.18. The van der Waals surface area contributed by atoms with Gasteiger partial charge in [-0.2, -0.15) is 0 Å². The van der Waals surface area contributed by atoms with Gasteiger partial charge in [0.05, 0.1) is 13.2 Å². The highest BCUT2D eigenvalue weighted by Gasteiger charge is 2.42. The van der Waals surface area contributed by atoms with E-state index >= 15 is 0 Å². The Morgan fingerprint density at radius 1 is 1.12 bits per heavy atom. The SMILES string of the molecule is CCN(CC)[C@H](C(=O)N1CCC2(CC1)OCCO2)c1ccccc1. The molecule has 1 atom stereocenters. The Morgan fingerprint density at radius 2 is 1.71 bits per heavy atom. The Morgan fingerprint density at radius 3 is 2.25 bits per heavy atom. The summed E-state index contributed by atoms with van der Waals surface area (Å²) in [5.41, 5.74) is 1.07. The molecule has 0 unspecified atom stereocenters. The van der Waals surface area contributed by atoms with Crippen LogP contribution < -0.4 is 0 Å². The maximum Gasteiger partial charge on any atom is 0.244 e. The maximum absolute atomic E-state index is 13.3. The molecule has 1 aromatic rings. The highest BCUT2D eigenvalue weighted by atomic mass is 16.7. The van der Waals surface area contributed by atoms with Crippen LogP contribution in [0, 0.1) is 0 Å². The van der Waals surface area contributed by atoms with Gasteiger partial charge in [-0.05, 0) is 18.7 Å². The molecular weight excluding hydrogens is 304 g/mol. The van der Waals surface area contributed by atoms with E-state index in [1.54, 1.807) is 0 Å². The number of nitrogens with zero attached hydrogens (tertiary/aromatic N) is 2. The predicted octanol–water partition coefficient (Wildman–Crippen LogP) is 2.43. The lowest BCUT2D eigenvalue weighted by atomic mass is 9.99. The molecule has 0 bridgehead atoms. The normalized spacial score (nSPS) is 21.4. The second kappa shape index (κ2) is 7.64. The number of amides is 1.